The molecule has 0 aromatic heterocycles. The molecule has 0 aliphatic heterocycles. The quantitative estimate of drug-likeness (QED) is 0.616. The number of nitrogens with two attached hydrogens (primary N) is 1. The first-order chi connectivity index (χ1) is 8.32. The Morgan fingerprint density at radius 1 is 1.44 bits per heavy atom. The molecule has 1 aromatic rings. The first-order valence-electron chi connectivity index (χ1n) is 5.63. The Kier molecular flexibility index (Phi) is 4.25. The molecule has 0 saturated heterocycles. The van der Waals surface area contributed by atoms with E-state index in [9.17, 15) is 14.9 Å². The summed E-state index contributed by atoms with van der Waals surface area (Å²) in [6.07, 6.45) is 0. The fourth-order valence-electron chi connectivity index (χ4n) is 1.65. The number of nitro groups is 1. The van der Waals surface area contributed by atoms with Gasteiger partial charge in [0.15, 0.2) is 0 Å². The second-order valence-electron chi connectivity index (χ2n) is 4.55. The number of rotatable bonds is 5. The van der Waals surface area contributed by atoms with Gasteiger partial charge < -0.3 is 11.1 Å². The summed E-state index contributed by atoms with van der Waals surface area (Å²) in [4.78, 5) is 21.7. The van der Waals surface area contributed by atoms with Gasteiger partial charge in [0.1, 0.15) is 11.7 Å². The number of anilines is 1. The minimum absolute atomic E-state index is 0.0524. The molecule has 18 heavy (non-hydrogen) atoms. The lowest BCUT2D eigenvalue weighted by atomic mass is 10.0. The zero-order chi connectivity index (χ0) is 13.9. The summed E-state index contributed by atoms with van der Waals surface area (Å²) in [6, 6.07) is 4.16. The van der Waals surface area contributed by atoms with E-state index in [2.05, 4.69) is 5.32 Å². The summed E-state index contributed by atoms with van der Waals surface area (Å²) in [7, 11) is 0. The van der Waals surface area contributed by atoms with Crippen molar-refractivity contribution in [2.45, 2.75) is 26.8 Å². The molecule has 1 amide bonds. The van der Waals surface area contributed by atoms with Crippen LogP contribution in [0.2, 0.25) is 0 Å². The highest BCUT2D eigenvalue weighted by Gasteiger charge is 2.23. The second kappa shape index (κ2) is 5.48. The molecule has 0 spiro atoms. The lowest BCUT2D eigenvalue weighted by Gasteiger charge is -2.20. The summed E-state index contributed by atoms with van der Waals surface area (Å²) in [6.45, 7) is 5.41. The maximum Gasteiger partial charge on any atom is 0.292 e. The molecule has 1 atom stereocenters. The molecule has 1 aromatic carbocycles. The maximum atomic E-state index is 11.3. The van der Waals surface area contributed by atoms with E-state index in [0.29, 0.717) is 5.69 Å². The molecule has 6 heteroatoms. The Balaban J connectivity index is 3.10. The lowest BCUT2D eigenvalue weighted by molar-refractivity contribution is -0.384. The molecular weight excluding hydrogens is 234 g/mol. The molecule has 3 N–H and O–H groups in total. The molecule has 0 aliphatic carbocycles. The summed E-state index contributed by atoms with van der Waals surface area (Å²) < 4.78 is 0. The molecule has 0 saturated carbocycles. The number of aryl methyl sites for hydroxylation is 1. The molecule has 98 valence electrons. The third kappa shape index (κ3) is 3.19. The van der Waals surface area contributed by atoms with Gasteiger partial charge in [-0.3, -0.25) is 14.9 Å². The van der Waals surface area contributed by atoms with Crippen molar-refractivity contribution >= 4 is 17.3 Å². The highest BCUT2D eigenvalue weighted by Crippen LogP contribution is 2.26. The van der Waals surface area contributed by atoms with Crippen LogP contribution in [-0.2, 0) is 4.79 Å². The topological polar surface area (TPSA) is 98.3 Å². The molecule has 0 aliphatic rings. The van der Waals surface area contributed by atoms with Gasteiger partial charge in [-0.25, -0.2) is 0 Å². The largest absolute Gasteiger partial charge is 0.368 e. The average molecular weight is 251 g/mol. The predicted octanol–water partition coefficient (Wildman–Crippen LogP) is 1.83. The summed E-state index contributed by atoms with van der Waals surface area (Å²) in [5, 5.41) is 13.8. The monoisotopic (exact) mass is 251 g/mol. The van der Waals surface area contributed by atoms with Crippen molar-refractivity contribution in [1.82, 2.24) is 0 Å². The van der Waals surface area contributed by atoms with Gasteiger partial charge in [-0.05, 0) is 24.5 Å². The van der Waals surface area contributed by atoms with Crippen LogP contribution in [0.1, 0.15) is 19.4 Å². The molecule has 0 radical (unpaired) electrons. The van der Waals surface area contributed by atoms with Crippen LogP contribution in [0.25, 0.3) is 0 Å². The van der Waals surface area contributed by atoms with Crippen LogP contribution in [0.15, 0.2) is 18.2 Å². The molecule has 1 rings (SSSR count). The first-order valence-corrected chi connectivity index (χ1v) is 5.63. The molecule has 1 unspecified atom stereocenters. The van der Waals surface area contributed by atoms with Gasteiger partial charge in [-0.2, -0.15) is 0 Å². The Morgan fingerprint density at radius 3 is 2.50 bits per heavy atom. The van der Waals surface area contributed by atoms with Gasteiger partial charge in [-0.1, -0.05) is 19.9 Å². The van der Waals surface area contributed by atoms with Crippen LogP contribution in [0, 0.1) is 23.0 Å². The third-order valence-electron chi connectivity index (χ3n) is 2.63. The van der Waals surface area contributed by atoms with Crippen molar-refractivity contribution in [3.05, 3.63) is 33.9 Å². The van der Waals surface area contributed by atoms with Gasteiger partial charge >= 0.3 is 0 Å². The molecule has 6 nitrogen and oxygen atoms in total. The van der Waals surface area contributed by atoms with Crippen LogP contribution in [0.5, 0.6) is 0 Å². The SMILES string of the molecule is Cc1ccc(NC(C(N)=O)C(C)C)c([N+](=O)[O-])c1. The number of hydrogen-bond acceptors (Lipinski definition) is 4. The highest BCUT2D eigenvalue weighted by atomic mass is 16.6. The zero-order valence-corrected chi connectivity index (χ0v) is 10.6. The van der Waals surface area contributed by atoms with E-state index >= 15 is 0 Å². The van der Waals surface area contributed by atoms with Crippen LogP contribution in [0.3, 0.4) is 0 Å². The standard InChI is InChI=1S/C12H17N3O3/c1-7(2)11(12(13)16)14-9-5-4-8(3)6-10(9)15(17)18/h4-7,11,14H,1-3H3,(H2,13,16). The summed E-state index contributed by atoms with van der Waals surface area (Å²) in [5.41, 5.74) is 6.31. The minimum Gasteiger partial charge on any atom is -0.368 e. The van der Waals surface area contributed by atoms with Crippen LogP contribution < -0.4 is 11.1 Å². The first kappa shape index (κ1) is 14.0. The average Bonchev–Trinajstić information content (AvgIpc) is 2.25. The second-order valence-corrected chi connectivity index (χ2v) is 4.55. The van der Waals surface area contributed by atoms with Crippen molar-refractivity contribution in [2.24, 2.45) is 11.7 Å². The number of amides is 1. The fourth-order valence-corrected chi connectivity index (χ4v) is 1.65. The van der Waals surface area contributed by atoms with Crippen molar-refractivity contribution in [1.29, 1.82) is 0 Å². The molecule has 0 fully saturated rings. The number of primary amides is 1. The van der Waals surface area contributed by atoms with E-state index in [4.69, 9.17) is 5.73 Å². The van der Waals surface area contributed by atoms with E-state index in [1.54, 1.807) is 19.1 Å². The van der Waals surface area contributed by atoms with Crippen LogP contribution in [0.4, 0.5) is 11.4 Å². The van der Waals surface area contributed by atoms with Crippen molar-refractivity contribution in [2.75, 3.05) is 5.32 Å². The number of benzene rings is 1. The highest BCUT2D eigenvalue weighted by molar-refractivity contribution is 5.84. The Hall–Kier alpha value is -2.11. The van der Waals surface area contributed by atoms with Crippen molar-refractivity contribution < 1.29 is 9.72 Å². The number of carbonyl (C=O) groups is 1. The maximum absolute atomic E-state index is 11.3. The van der Waals surface area contributed by atoms with Crippen LogP contribution >= 0.6 is 0 Å². The van der Waals surface area contributed by atoms with Crippen LogP contribution in [-0.4, -0.2) is 16.9 Å². The predicted molar refractivity (Wildman–Crippen MR) is 69.3 cm³/mol. The van der Waals surface area contributed by atoms with Gasteiger partial charge in [-0.15, -0.1) is 0 Å². The summed E-state index contributed by atoms with van der Waals surface area (Å²) in [5.74, 6) is -0.580. The molecular formula is C12H17N3O3. The van der Waals surface area contributed by atoms with E-state index in [0.717, 1.165) is 5.56 Å². The number of nitro benzene ring substituents is 1. The Morgan fingerprint density at radius 2 is 2.06 bits per heavy atom. The smallest absolute Gasteiger partial charge is 0.292 e. The number of nitrogens with zero attached hydrogens (tertiary/aromatic N) is 1. The lowest BCUT2D eigenvalue weighted by Crippen LogP contribution is -2.39. The molecule has 0 heterocycles. The van der Waals surface area contributed by atoms with Gasteiger partial charge in [0.25, 0.3) is 5.69 Å². The summed E-state index contributed by atoms with van der Waals surface area (Å²) >= 11 is 0. The van der Waals surface area contributed by atoms with E-state index in [1.807, 2.05) is 13.8 Å². The normalized spacial score (nSPS) is 12.2. The minimum atomic E-state index is -0.633. The number of carbonyl (C=O) groups excluding carboxylic acids is 1. The fraction of sp³-hybridized carbons (Fsp3) is 0.417. The zero-order valence-electron chi connectivity index (χ0n) is 10.6. The van der Waals surface area contributed by atoms with Gasteiger partial charge in [0.2, 0.25) is 5.91 Å². The number of hydrogen-bond donors (Lipinski definition) is 2. The van der Waals surface area contributed by atoms with Gasteiger partial charge in [0.05, 0.1) is 4.92 Å². The Labute approximate surface area is 105 Å². The van der Waals surface area contributed by atoms with E-state index in [1.165, 1.54) is 6.07 Å². The van der Waals surface area contributed by atoms with E-state index in [-0.39, 0.29) is 11.6 Å². The van der Waals surface area contributed by atoms with Crippen molar-refractivity contribution in [3.63, 3.8) is 0 Å². The number of nitrogens with one attached hydrogen (secondary N) is 1. The van der Waals surface area contributed by atoms with Gasteiger partial charge in [0, 0.05) is 6.07 Å². The van der Waals surface area contributed by atoms with E-state index < -0.39 is 16.9 Å². The van der Waals surface area contributed by atoms with Crippen molar-refractivity contribution in [3.8, 4) is 0 Å². The third-order valence-corrected chi connectivity index (χ3v) is 2.63. The molecule has 0 bridgehead atoms. The Bertz CT molecular complexity index is 472.